The number of carbonyl (C=O) groups excluding carboxylic acids is 1. The predicted octanol–water partition coefficient (Wildman–Crippen LogP) is 5.79. The Morgan fingerprint density at radius 2 is 1.71 bits per heavy atom. The van der Waals surface area contributed by atoms with Gasteiger partial charge < -0.3 is 10.1 Å². The molecule has 0 heterocycles. The number of amides is 1. The van der Waals surface area contributed by atoms with E-state index in [1.54, 1.807) is 12.2 Å². The number of aryl methyl sites for hydroxylation is 2. The molecule has 0 atom stereocenters. The molecule has 0 bridgehead atoms. The normalized spacial score (nSPS) is 10.8. The second-order valence-corrected chi connectivity index (χ2v) is 6.63. The van der Waals surface area contributed by atoms with Crippen LogP contribution in [0.3, 0.4) is 0 Å². The molecule has 0 fully saturated rings. The van der Waals surface area contributed by atoms with Crippen molar-refractivity contribution in [3.63, 3.8) is 0 Å². The second kappa shape index (κ2) is 9.56. The lowest BCUT2D eigenvalue weighted by atomic mass is 10.1. The van der Waals surface area contributed by atoms with Gasteiger partial charge in [0, 0.05) is 11.8 Å². The first kappa shape index (κ1) is 19.4. The van der Waals surface area contributed by atoms with Crippen LogP contribution in [0.2, 0.25) is 0 Å². The molecule has 0 radical (unpaired) electrons. The van der Waals surface area contributed by atoms with E-state index in [1.165, 1.54) is 0 Å². The van der Waals surface area contributed by atoms with Crippen LogP contribution in [-0.2, 0) is 17.8 Å². The van der Waals surface area contributed by atoms with Gasteiger partial charge in [0.05, 0.1) is 0 Å². The SMILES string of the molecule is CCc1cccc(C)c1NC(=O)C=Cc1ccc(OCc2ccccc2)cc1. The minimum Gasteiger partial charge on any atom is -0.489 e. The minimum absolute atomic E-state index is 0.131. The van der Waals surface area contributed by atoms with Crippen molar-refractivity contribution in [2.45, 2.75) is 26.9 Å². The quantitative estimate of drug-likeness (QED) is 0.534. The van der Waals surface area contributed by atoms with Gasteiger partial charge in [0.25, 0.3) is 0 Å². The molecule has 28 heavy (non-hydrogen) atoms. The van der Waals surface area contributed by atoms with E-state index in [0.29, 0.717) is 6.61 Å². The Morgan fingerprint density at radius 1 is 0.964 bits per heavy atom. The number of hydrogen-bond acceptors (Lipinski definition) is 2. The van der Waals surface area contributed by atoms with Crippen molar-refractivity contribution in [1.82, 2.24) is 0 Å². The molecular weight excluding hydrogens is 346 g/mol. The van der Waals surface area contributed by atoms with Crippen LogP contribution in [0.4, 0.5) is 5.69 Å². The number of nitrogens with one attached hydrogen (secondary N) is 1. The second-order valence-electron chi connectivity index (χ2n) is 6.63. The Morgan fingerprint density at radius 3 is 2.43 bits per heavy atom. The van der Waals surface area contributed by atoms with Crippen molar-refractivity contribution in [3.8, 4) is 5.75 Å². The Kier molecular flexibility index (Phi) is 6.64. The Hall–Kier alpha value is -3.33. The number of benzene rings is 3. The van der Waals surface area contributed by atoms with E-state index in [9.17, 15) is 4.79 Å². The van der Waals surface area contributed by atoms with Crippen LogP contribution in [0, 0.1) is 6.92 Å². The topological polar surface area (TPSA) is 38.3 Å². The zero-order valence-electron chi connectivity index (χ0n) is 16.3. The van der Waals surface area contributed by atoms with Crippen molar-refractivity contribution in [2.75, 3.05) is 5.32 Å². The fourth-order valence-corrected chi connectivity index (χ4v) is 2.95. The first-order valence-electron chi connectivity index (χ1n) is 9.50. The van der Waals surface area contributed by atoms with E-state index in [-0.39, 0.29) is 5.91 Å². The van der Waals surface area contributed by atoms with Crippen molar-refractivity contribution >= 4 is 17.7 Å². The van der Waals surface area contributed by atoms with Crippen LogP contribution in [0.25, 0.3) is 6.08 Å². The van der Waals surface area contributed by atoms with E-state index in [0.717, 1.165) is 40.1 Å². The zero-order valence-corrected chi connectivity index (χ0v) is 16.3. The van der Waals surface area contributed by atoms with E-state index < -0.39 is 0 Å². The van der Waals surface area contributed by atoms with Crippen molar-refractivity contribution in [1.29, 1.82) is 0 Å². The third-order valence-corrected chi connectivity index (χ3v) is 4.54. The van der Waals surface area contributed by atoms with Gasteiger partial charge in [0.2, 0.25) is 5.91 Å². The van der Waals surface area contributed by atoms with Crippen molar-refractivity contribution in [2.24, 2.45) is 0 Å². The van der Waals surface area contributed by atoms with Gasteiger partial charge in [-0.15, -0.1) is 0 Å². The zero-order chi connectivity index (χ0) is 19.8. The minimum atomic E-state index is -0.131. The fourth-order valence-electron chi connectivity index (χ4n) is 2.95. The van der Waals surface area contributed by atoms with Gasteiger partial charge in [-0.1, -0.05) is 67.6 Å². The molecule has 3 heteroatoms. The molecule has 142 valence electrons. The number of carbonyl (C=O) groups is 1. The average molecular weight is 371 g/mol. The molecule has 3 nitrogen and oxygen atoms in total. The summed E-state index contributed by atoms with van der Waals surface area (Å²) in [5.41, 5.74) is 5.19. The molecule has 0 aliphatic rings. The van der Waals surface area contributed by atoms with Crippen LogP contribution in [0.15, 0.2) is 78.9 Å². The Bertz CT molecular complexity index is 944. The van der Waals surface area contributed by atoms with E-state index in [1.807, 2.05) is 79.7 Å². The molecule has 0 aromatic heterocycles. The third kappa shape index (κ3) is 5.34. The molecule has 0 spiro atoms. The maximum absolute atomic E-state index is 12.3. The Labute approximate surface area is 166 Å². The summed E-state index contributed by atoms with van der Waals surface area (Å²) in [4.78, 5) is 12.3. The standard InChI is InChI=1S/C25H25NO2/c1-3-22-11-7-8-19(2)25(22)26-24(27)17-14-20-12-15-23(16-13-20)28-18-21-9-5-4-6-10-21/h4-17H,3,18H2,1-2H3,(H,26,27). The van der Waals surface area contributed by atoms with Gasteiger partial charge in [-0.3, -0.25) is 4.79 Å². The van der Waals surface area contributed by atoms with E-state index >= 15 is 0 Å². The lowest BCUT2D eigenvalue weighted by Crippen LogP contribution is -2.11. The molecular formula is C25H25NO2. The van der Waals surface area contributed by atoms with Crippen LogP contribution in [0.1, 0.15) is 29.2 Å². The lowest BCUT2D eigenvalue weighted by molar-refractivity contribution is -0.111. The van der Waals surface area contributed by atoms with Gasteiger partial charge in [-0.2, -0.15) is 0 Å². The summed E-state index contributed by atoms with van der Waals surface area (Å²) >= 11 is 0. The molecule has 0 aliphatic heterocycles. The summed E-state index contributed by atoms with van der Waals surface area (Å²) in [7, 11) is 0. The number of ether oxygens (including phenoxy) is 1. The highest BCUT2D eigenvalue weighted by Crippen LogP contribution is 2.21. The van der Waals surface area contributed by atoms with Crippen LogP contribution < -0.4 is 10.1 Å². The van der Waals surface area contributed by atoms with Crippen LogP contribution in [0.5, 0.6) is 5.75 Å². The predicted molar refractivity (Wildman–Crippen MR) is 115 cm³/mol. The number of rotatable bonds is 7. The number of anilines is 1. The first-order valence-corrected chi connectivity index (χ1v) is 9.50. The molecule has 1 N–H and O–H groups in total. The molecule has 0 unspecified atom stereocenters. The highest BCUT2D eigenvalue weighted by atomic mass is 16.5. The van der Waals surface area contributed by atoms with Gasteiger partial charge in [-0.05, 0) is 53.8 Å². The van der Waals surface area contributed by atoms with E-state index in [2.05, 4.69) is 12.2 Å². The van der Waals surface area contributed by atoms with Gasteiger partial charge in [0.15, 0.2) is 0 Å². The summed E-state index contributed by atoms with van der Waals surface area (Å²) in [5, 5.41) is 3.00. The maximum Gasteiger partial charge on any atom is 0.248 e. The number of para-hydroxylation sites is 1. The maximum atomic E-state index is 12.3. The summed E-state index contributed by atoms with van der Waals surface area (Å²) in [6, 6.07) is 23.8. The molecule has 3 rings (SSSR count). The summed E-state index contributed by atoms with van der Waals surface area (Å²) in [5.74, 6) is 0.673. The largest absolute Gasteiger partial charge is 0.489 e. The number of hydrogen-bond donors (Lipinski definition) is 1. The first-order chi connectivity index (χ1) is 13.7. The summed E-state index contributed by atoms with van der Waals surface area (Å²) < 4.78 is 5.79. The smallest absolute Gasteiger partial charge is 0.248 e. The summed E-state index contributed by atoms with van der Waals surface area (Å²) in [6.07, 6.45) is 4.25. The van der Waals surface area contributed by atoms with Gasteiger partial charge in [-0.25, -0.2) is 0 Å². The van der Waals surface area contributed by atoms with Crippen molar-refractivity contribution < 1.29 is 9.53 Å². The Balaban J connectivity index is 1.57. The molecule has 0 aliphatic carbocycles. The molecule has 1 amide bonds. The highest BCUT2D eigenvalue weighted by molar-refractivity contribution is 6.02. The van der Waals surface area contributed by atoms with Crippen molar-refractivity contribution in [3.05, 3.63) is 101 Å². The molecule has 0 saturated heterocycles. The van der Waals surface area contributed by atoms with Gasteiger partial charge in [0.1, 0.15) is 12.4 Å². The van der Waals surface area contributed by atoms with Gasteiger partial charge >= 0.3 is 0 Å². The molecule has 0 saturated carbocycles. The van der Waals surface area contributed by atoms with Crippen LogP contribution in [-0.4, -0.2) is 5.91 Å². The van der Waals surface area contributed by atoms with Crippen LogP contribution >= 0.6 is 0 Å². The highest BCUT2D eigenvalue weighted by Gasteiger charge is 2.06. The van der Waals surface area contributed by atoms with E-state index in [4.69, 9.17) is 4.74 Å². The molecule has 3 aromatic carbocycles. The average Bonchev–Trinajstić information content (AvgIpc) is 2.73. The summed E-state index contributed by atoms with van der Waals surface area (Å²) in [6.45, 7) is 4.63. The fraction of sp³-hybridized carbons (Fsp3) is 0.160. The molecule has 3 aromatic rings. The lowest BCUT2D eigenvalue weighted by Gasteiger charge is -2.11. The third-order valence-electron chi connectivity index (χ3n) is 4.54. The monoisotopic (exact) mass is 371 g/mol.